The highest BCUT2D eigenvalue weighted by atomic mass is 32.2. The Morgan fingerprint density at radius 1 is 1.16 bits per heavy atom. The minimum absolute atomic E-state index is 0.0269. The van der Waals surface area contributed by atoms with Gasteiger partial charge in [-0.1, -0.05) is 6.07 Å². The topological polar surface area (TPSA) is 71.4 Å². The van der Waals surface area contributed by atoms with Gasteiger partial charge in [-0.25, -0.2) is 8.42 Å². The number of carboxylic acids is 1. The average Bonchev–Trinajstić information content (AvgIpc) is 2.81. The molecule has 0 bridgehead atoms. The first kappa shape index (κ1) is 14.1. The molecule has 0 saturated heterocycles. The van der Waals surface area contributed by atoms with Crippen LogP contribution in [0.15, 0.2) is 23.1 Å². The summed E-state index contributed by atoms with van der Waals surface area (Å²) in [5, 5.41) is 8.52. The van der Waals surface area contributed by atoms with E-state index in [0.29, 0.717) is 17.7 Å². The van der Waals surface area contributed by atoms with Crippen LogP contribution in [-0.4, -0.2) is 25.2 Å². The fourth-order valence-electron chi connectivity index (χ4n) is 2.43. The van der Waals surface area contributed by atoms with Crippen LogP contribution >= 0.6 is 0 Å². The van der Waals surface area contributed by atoms with Crippen molar-refractivity contribution in [3.05, 3.63) is 29.3 Å². The Bertz CT molecular complexity index is 575. The van der Waals surface area contributed by atoms with Gasteiger partial charge in [0.1, 0.15) is 0 Å². The van der Waals surface area contributed by atoms with Crippen molar-refractivity contribution in [3.8, 4) is 0 Å². The van der Waals surface area contributed by atoms with Gasteiger partial charge in [0, 0.05) is 6.42 Å². The third kappa shape index (κ3) is 3.56. The summed E-state index contributed by atoms with van der Waals surface area (Å²) in [4.78, 5) is 10.8. The highest BCUT2D eigenvalue weighted by Gasteiger charge is 2.18. The Morgan fingerprint density at radius 3 is 2.63 bits per heavy atom. The molecular weight excluding hydrogens is 264 g/mol. The first-order valence-electron chi connectivity index (χ1n) is 6.55. The number of carboxylic acid groups (broad SMARTS) is 1. The molecule has 1 aromatic carbocycles. The smallest absolute Gasteiger partial charge is 0.303 e. The highest BCUT2D eigenvalue weighted by Crippen LogP contribution is 2.25. The first-order chi connectivity index (χ1) is 8.99. The van der Waals surface area contributed by atoms with Gasteiger partial charge in [0.2, 0.25) is 0 Å². The Morgan fingerprint density at radius 2 is 1.89 bits per heavy atom. The molecule has 0 radical (unpaired) electrons. The number of rotatable bonds is 6. The van der Waals surface area contributed by atoms with Crippen LogP contribution in [0.3, 0.4) is 0 Å². The summed E-state index contributed by atoms with van der Waals surface area (Å²) >= 11 is 0. The largest absolute Gasteiger partial charge is 0.481 e. The van der Waals surface area contributed by atoms with Gasteiger partial charge < -0.3 is 5.11 Å². The van der Waals surface area contributed by atoms with Crippen molar-refractivity contribution in [2.75, 3.05) is 5.75 Å². The van der Waals surface area contributed by atoms with Crippen molar-refractivity contribution in [1.29, 1.82) is 0 Å². The molecule has 0 fully saturated rings. The number of hydrogen-bond donors (Lipinski definition) is 1. The molecule has 5 heteroatoms. The summed E-state index contributed by atoms with van der Waals surface area (Å²) in [6.07, 6.45) is 3.91. The lowest BCUT2D eigenvalue weighted by atomic mass is 10.1. The molecule has 0 atom stereocenters. The van der Waals surface area contributed by atoms with Crippen molar-refractivity contribution in [3.63, 3.8) is 0 Å². The van der Waals surface area contributed by atoms with Crippen molar-refractivity contribution in [2.24, 2.45) is 0 Å². The molecule has 0 aliphatic heterocycles. The van der Waals surface area contributed by atoms with E-state index in [1.54, 1.807) is 12.1 Å². The van der Waals surface area contributed by atoms with Crippen molar-refractivity contribution >= 4 is 15.8 Å². The number of benzene rings is 1. The molecule has 2 rings (SSSR count). The maximum atomic E-state index is 12.1. The zero-order valence-electron chi connectivity index (χ0n) is 10.8. The third-order valence-electron chi connectivity index (χ3n) is 3.48. The quantitative estimate of drug-likeness (QED) is 0.812. The van der Waals surface area contributed by atoms with Crippen molar-refractivity contribution < 1.29 is 18.3 Å². The molecule has 19 heavy (non-hydrogen) atoms. The number of carbonyl (C=O) groups is 1. The lowest BCUT2D eigenvalue weighted by Gasteiger charge is -2.06. The molecule has 1 aliphatic rings. The van der Waals surface area contributed by atoms with Crippen LogP contribution < -0.4 is 0 Å². The van der Waals surface area contributed by atoms with Crippen LogP contribution in [0.25, 0.3) is 0 Å². The number of aliphatic carboxylic acids is 1. The third-order valence-corrected chi connectivity index (χ3v) is 5.28. The van der Waals surface area contributed by atoms with Gasteiger partial charge in [-0.05, 0) is 55.4 Å². The summed E-state index contributed by atoms with van der Waals surface area (Å²) in [6, 6.07) is 5.37. The second kappa shape index (κ2) is 5.74. The van der Waals surface area contributed by atoms with Gasteiger partial charge in [-0.2, -0.15) is 0 Å². The van der Waals surface area contributed by atoms with Gasteiger partial charge in [0.25, 0.3) is 0 Å². The van der Waals surface area contributed by atoms with E-state index in [1.165, 1.54) is 5.56 Å². The SMILES string of the molecule is O=C(O)CCCCS(=O)(=O)c1ccc2c(c1)CCC2. The van der Waals surface area contributed by atoms with Crippen molar-refractivity contribution in [1.82, 2.24) is 0 Å². The van der Waals surface area contributed by atoms with Gasteiger partial charge in [0.15, 0.2) is 9.84 Å². The van der Waals surface area contributed by atoms with Crippen LogP contribution in [0.1, 0.15) is 36.8 Å². The number of unbranched alkanes of at least 4 members (excludes halogenated alkanes) is 1. The van der Waals surface area contributed by atoms with Crippen LogP contribution in [-0.2, 0) is 27.5 Å². The van der Waals surface area contributed by atoms with E-state index in [4.69, 9.17) is 5.11 Å². The lowest BCUT2D eigenvalue weighted by molar-refractivity contribution is -0.137. The fourth-order valence-corrected chi connectivity index (χ4v) is 3.84. The Balaban J connectivity index is 2.01. The highest BCUT2D eigenvalue weighted by molar-refractivity contribution is 7.91. The molecule has 1 aromatic rings. The Hall–Kier alpha value is -1.36. The van der Waals surface area contributed by atoms with Gasteiger partial charge >= 0.3 is 5.97 Å². The van der Waals surface area contributed by atoms with Gasteiger partial charge in [-0.3, -0.25) is 4.79 Å². The minimum atomic E-state index is -3.27. The second-order valence-corrected chi connectivity index (χ2v) is 7.06. The summed E-state index contributed by atoms with van der Waals surface area (Å²) in [6.45, 7) is 0. The molecule has 0 aromatic heterocycles. The minimum Gasteiger partial charge on any atom is -0.481 e. The molecule has 1 aliphatic carbocycles. The standard InChI is InChI=1S/C14H18O4S/c15-14(16)6-1-2-9-19(17,18)13-8-7-11-4-3-5-12(11)10-13/h7-8,10H,1-6,9H2,(H,15,16). The van der Waals surface area contributed by atoms with E-state index in [1.807, 2.05) is 6.07 Å². The molecule has 104 valence electrons. The average molecular weight is 282 g/mol. The monoisotopic (exact) mass is 282 g/mol. The number of fused-ring (bicyclic) bond motifs is 1. The molecular formula is C14H18O4S. The normalized spacial score (nSPS) is 14.3. The maximum absolute atomic E-state index is 12.1. The van der Waals surface area contributed by atoms with E-state index in [9.17, 15) is 13.2 Å². The maximum Gasteiger partial charge on any atom is 0.303 e. The van der Waals surface area contributed by atoms with E-state index in [-0.39, 0.29) is 12.2 Å². The zero-order chi connectivity index (χ0) is 13.9. The number of hydrogen-bond acceptors (Lipinski definition) is 3. The van der Waals surface area contributed by atoms with Crippen LogP contribution in [0.2, 0.25) is 0 Å². The van der Waals surface area contributed by atoms with Crippen LogP contribution in [0.5, 0.6) is 0 Å². The Kier molecular flexibility index (Phi) is 4.24. The predicted octanol–water partition coefficient (Wildman–Crippen LogP) is 2.20. The second-order valence-electron chi connectivity index (χ2n) is 4.95. The van der Waals surface area contributed by atoms with Crippen LogP contribution in [0, 0.1) is 0 Å². The predicted molar refractivity (Wildman–Crippen MR) is 72.0 cm³/mol. The lowest BCUT2D eigenvalue weighted by Crippen LogP contribution is -2.08. The molecule has 0 unspecified atom stereocenters. The summed E-state index contributed by atoms with van der Waals surface area (Å²) in [5.41, 5.74) is 2.40. The molecule has 0 saturated carbocycles. The summed E-state index contributed by atoms with van der Waals surface area (Å²) < 4.78 is 24.3. The van der Waals surface area contributed by atoms with Gasteiger partial charge in [0.05, 0.1) is 10.6 Å². The number of aryl methyl sites for hydroxylation is 2. The van der Waals surface area contributed by atoms with Crippen LogP contribution in [0.4, 0.5) is 0 Å². The van der Waals surface area contributed by atoms with E-state index in [0.717, 1.165) is 24.8 Å². The summed E-state index contributed by atoms with van der Waals surface area (Å²) in [7, 11) is -3.27. The molecule has 1 N–H and O–H groups in total. The fraction of sp³-hybridized carbons (Fsp3) is 0.500. The van der Waals surface area contributed by atoms with E-state index >= 15 is 0 Å². The summed E-state index contributed by atoms with van der Waals surface area (Å²) in [5.74, 6) is -0.853. The van der Waals surface area contributed by atoms with Crippen molar-refractivity contribution in [2.45, 2.75) is 43.4 Å². The number of sulfone groups is 1. The molecule has 0 amide bonds. The molecule has 4 nitrogen and oxygen atoms in total. The first-order valence-corrected chi connectivity index (χ1v) is 8.20. The van der Waals surface area contributed by atoms with E-state index in [2.05, 4.69) is 0 Å². The Labute approximate surface area is 113 Å². The molecule has 0 spiro atoms. The van der Waals surface area contributed by atoms with Gasteiger partial charge in [-0.15, -0.1) is 0 Å². The zero-order valence-corrected chi connectivity index (χ0v) is 11.6. The van der Waals surface area contributed by atoms with E-state index < -0.39 is 15.8 Å². The molecule has 0 heterocycles.